The molecule has 4 aromatic rings. The molecule has 4 aromatic carbocycles. The highest BCUT2D eigenvalue weighted by Gasteiger charge is 2.24. The maximum atomic E-state index is 12.2. The fraction of sp³-hybridized carbons (Fsp3) is 0.125. The van der Waals surface area contributed by atoms with E-state index in [0.29, 0.717) is 11.1 Å². The first-order valence-electron chi connectivity index (χ1n) is 15.1. The first-order valence-corrected chi connectivity index (χ1v) is 16.2. The van der Waals surface area contributed by atoms with Crippen molar-refractivity contribution in [3.63, 3.8) is 0 Å². The number of rotatable bonds is 18. The first-order chi connectivity index (χ1) is 26.3. The Balaban J connectivity index is 1.24. The molecule has 2 amide bonds. The summed E-state index contributed by atoms with van der Waals surface area (Å²) in [5.41, 5.74) is 3.30. The standard InChI is InChI=1S/C32H26N8O14S/c1-51-29-11-19(3-7-27(29)53-25-9-5-21(37(43)44)13-23(25)39(47)48)15-33-35-31(41)17-55-18-32(42)36-34-16-20-4-8-28(30(12-20)52-2)54-26-10-6-22(38(45)46)14-24(26)40(49)50/h3-16H,17-18H2,1-2H3,(H,35,41)(H,36,42)/b33-15+,34-16+. The summed E-state index contributed by atoms with van der Waals surface area (Å²) in [6.45, 7) is 0. The molecule has 284 valence electrons. The number of thioether (sulfide) groups is 1. The predicted octanol–water partition coefficient (Wildman–Crippen LogP) is 5.25. The molecule has 0 aliphatic carbocycles. The molecule has 22 nitrogen and oxygen atoms in total. The van der Waals surface area contributed by atoms with Crippen molar-refractivity contribution in [2.75, 3.05) is 25.7 Å². The molecule has 0 fully saturated rings. The van der Waals surface area contributed by atoms with Crippen molar-refractivity contribution in [2.45, 2.75) is 0 Å². The number of nitro benzene ring substituents is 4. The number of benzene rings is 4. The van der Waals surface area contributed by atoms with Gasteiger partial charge in [-0.1, -0.05) is 0 Å². The zero-order valence-corrected chi connectivity index (χ0v) is 29.1. The lowest BCUT2D eigenvalue weighted by Gasteiger charge is -2.11. The average Bonchev–Trinajstić information content (AvgIpc) is 3.15. The smallest absolute Gasteiger partial charge is 0.318 e. The molecule has 0 bridgehead atoms. The van der Waals surface area contributed by atoms with Gasteiger partial charge in [0.2, 0.25) is 23.3 Å². The molecule has 0 radical (unpaired) electrons. The van der Waals surface area contributed by atoms with Crippen LogP contribution in [-0.2, 0) is 9.59 Å². The molecule has 0 atom stereocenters. The Labute approximate surface area is 312 Å². The van der Waals surface area contributed by atoms with Gasteiger partial charge in [-0.15, -0.1) is 11.8 Å². The number of nitrogens with one attached hydrogen (secondary N) is 2. The van der Waals surface area contributed by atoms with Gasteiger partial charge in [-0.05, 0) is 59.7 Å². The lowest BCUT2D eigenvalue weighted by atomic mass is 10.2. The number of carbonyl (C=O) groups is 2. The summed E-state index contributed by atoms with van der Waals surface area (Å²) in [6.07, 6.45) is 2.58. The number of hydrogen-bond donors (Lipinski definition) is 2. The SMILES string of the molecule is COc1cc(/C=N/NC(=O)CSCC(=O)N/N=C/c2ccc(Oc3ccc([N+](=O)[O-])cc3[N+](=O)[O-])c(OC)c2)ccc1Oc1ccc([N+](=O)[O-])cc1[N+](=O)[O-]. The van der Waals surface area contributed by atoms with Crippen molar-refractivity contribution in [2.24, 2.45) is 10.2 Å². The predicted molar refractivity (Wildman–Crippen MR) is 194 cm³/mol. The Morgan fingerprint density at radius 3 is 1.31 bits per heavy atom. The van der Waals surface area contributed by atoms with E-state index in [1.165, 1.54) is 63.0 Å². The Morgan fingerprint density at radius 2 is 0.964 bits per heavy atom. The van der Waals surface area contributed by atoms with Crippen LogP contribution in [0.4, 0.5) is 22.7 Å². The molecule has 0 heterocycles. The summed E-state index contributed by atoms with van der Waals surface area (Å²) in [5, 5.41) is 52.5. The van der Waals surface area contributed by atoms with Crippen molar-refractivity contribution in [3.8, 4) is 34.5 Å². The van der Waals surface area contributed by atoms with Gasteiger partial charge in [-0.25, -0.2) is 10.9 Å². The van der Waals surface area contributed by atoms with Crippen LogP contribution in [0.1, 0.15) is 11.1 Å². The van der Waals surface area contributed by atoms with Gasteiger partial charge in [0.1, 0.15) is 0 Å². The molecular formula is C32H26N8O14S. The molecule has 23 heteroatoms. The highest BCUT2D eigenvalue weighted by molar-refractivity contribution is 8.00. The van der Waals surface area contributed by atoms with Gasteiger partial charge in [0.05, 0.1) is 70.0 Å². The van der Waals surface area contributed by atoms with Crippen LogP contribution < -0.4 is 29.8 Å². The van der Waals surface area contributed by atoms with Crippen molar-refractivity contribution in [1.82, 2.24) is 10.9 Å². The van der Waals surface area contributed by atoms with Crippen LogP contribution in [0.2, 0.25) is 0 Å². The molecule has 0 aliphatic heterocycles. The molecule has 0 spiro atoms. The van der Waals surface area contributed by atoms with E-state index in [-0.39, 0.29) is 46.0 Å². The number of nitrogens with zero attached hydrogens (tertiary/aromatic N) is 6. The lowest BCUT2D eigenvalue weighted by molar-refractivity contribution is -0.394. The second kappa shape index (κ2) is 18.7. The van der Waals surface area contributed by atoms with E-state index in [0.717, 1.165) is 48.2 Å². The number of hydrazone groups is 2. The largest absolute Gasteiger partial charge is 0.493 e. The molecule has 2 N–H and O–H groups in total. The molecule has 55 heavy (non-hydrogen) atoms. The Hall–Kier alpha value is -7.69. The lowest BCUT2D eigenvalue weighted by Crippen LogP contribution is -2.23. The van der Waals surface area contributed by atoms with Gasteiger partial charge in [0, 0.05) is 12.1 Å². The van der Waals surface area contributed by atoms with Crippen molar-refractivity contribution in [1.29, 1.82) is 0 Å². The normalized spacial score (nSPS) is 10.8. The van der Waals surface area contributed by atoms with Gasteiger partial charge < -0.3 is 18.9 Å². The van der Waals surface area contributed by atoms with Crippen molar-refractivity contribution < 1.29 is 48.2 Å². The van der Waals surface area contributed by atoms with Gasteiger partial charge in [-0.3, -0.25) is 50.0 Å². The fourth-order valence-electron chi connectivity index (χ4n) is 4.29. The Bertz CT molecular complexity index is 2060. The zero-order valence-electron chi connectivity index (χ0n) is 28.3. The van der Waals surface area contributed by atoms with E-state index >= 15 is 0 Å². The Kier molecular flexibility index (Phi) is 13.6. The molecule has 4 rings (SSSR count). The van der Waals surface area contributed by atoms with E-state index in [2.05, 4.69) is 21.1 Å². The number of non-ortho nitro benzene ring substituents is 2. The van der Waals surface area contributed by atoms with Crippen LogP contribution >= 0.6 is 11.8 Å². The maximum Gasteiger partial charge on any atom is 0.318 e. The summed E-state index contributed by atoms with van der Waals surface area (Å²) in [5.74, 6) is -1.40. The zero-order chi connectivity index (χ0) is 40.1. The third-order valence-electron chi connectivity index (χ3n) is 6.79. The van der Waals surface area contributed by atoms with Crippen LogP contribution in [0.5, 0.6) is 34.5 Å². The second-order valence-electron chi connectivity index (χ2n) is 10.4. The number of methoxy groups -OCH3 is 2. The molecule has 0 saturated heterocycles. The van der Waals surface area contributed by atoms with Gasteiger partial charge in [0.25, 0.3) is 11.4 Å². The molecule has 0 saturated carbocycles. The second-order valence-corrected chi connectivity index (χ2v) is 11.4. The highest BCUT2D eigenvalue weighted by atomic mass is 32.2. The van der Waals surface area contributed by atoms with Gasteiger partial charge >= 0.3 is 11.4 Å². The minimum Gasteiger partial charge on any atom is -0.493 e. The van der Waals surface area contributed by atoms with E-state index in [1.54, 1.807) is 0 Å². The Morgan fingerprint density at radius 1 is 0.582 bits per heavy atom. The van der Waals surface area contributed by atoms with Crippen LogP contribution in [0.3, 0.4) is 0 Å². The summed E-state index contributed by atoms with van der Waals surface area (Å²) in [6, 6.07) is 14.7. The molecule has 0 unspecified atom stereocenters. The summed E-state index contributed by atoms with van der Waals surface area (Å²) in [7, 11) is 2.65. The van der Waals surface area contributed by atoms with Gasteiger partial charge in [0.15, 0.2) is 23.0 Å². The number of hydrogen-bond acceptors (Lipinski definition) is 17. The topological polar surface area (TPSA) is 292 Å². The summed E-state index contributed by atoms with van der Waals surface area (Å²) >= 11 is 0.975. The molecule has 0 aliphatic rings. The third kappa shape index (κ3) is 11.1. The number of amides is 2. The number of nitro groups is 4. The third-order valence-corrected chi connectivity index (χ3v) is 7.72. The average molecular weight is 779 g/mol. The van der Waals surface area contributed by atoms with Crippen LogP contribution in [0.25, 0.3) is 0 Å². The van der Waals surface area contributed by atoms with Crippen LogP contribution in [0, 0.1) is 40.5 Å². The minimum absolute atomic E-state index is 0.0683. The van der Waals surface area contributed by atoms with E-state index in [1.807, 2.05) is 0 Å². The highest BCUT2D eigenvalue weighted by Crippen LogP contribution is 2.39. The van der Waals surface area contributed by atoms with Crippen molar-refractivity contribution in [3.05, 3.63) is 124 Å². The number of ether oxygens (including phenoxy) is 4. The van der Waals surface area contributed by atoms with E-state index < -0.39 is 54.3 Å². The van der Waals surface area contributed by atoms with Gasteiger partial charge in [-0.2, -0.15) is 10.2 Å². The minimum atomic E-state index is -0.815. The summed E-state index contributed by atoms with van der Waals surface area (Å²) in [4.78, 5) is 66.1. The maximum absolute atomic E-state index is 12.2. The molecular weight excluding hydrogens is 752 g/mol. The van der Waals surface area contributed by atoms with Crippen molar-refractivity contribution >= 4 is 58.8 Å². The van der Waals surface area contributed by atoms with Crippen LogP contribution in [-0.4, -0.2) is 69.7 Å². The van der Waals surface area contributed by atoms with E-state index in [9.17, 15) is 50.0 Å². The molecule has 0 aromatic heterocycles. The van der Waals surface area contributed by atoms with Crippen LogP contribution in [0.15, 0.2) is 83.0 Å². The first kappa shape index (κ1) is 40.1. The monoisotopic (exact) mass is 778 g/mol. The number of carbonyl (C=O) groups excluding carboxylic acids is 2. The van der Waals surface area contributed by atoms with E-state index in [4.69, 9.17) is 18.9 Å². The summed E-state index contributed by atoms with van der Waals surface area (Å²) < 4.78 is 21.8. The quantitative estimate of drug-likeness (QED) is 0.0740. The fourth-order valence-corrected chi connectivity index (χ4v) is 4.89.